The highest BCUT2D eigenvalue weighted by molar-refractivity contribution is 5.46. The van der Waals surface area contributed by atoms with Crippen LogP contribution in [0.4, 0.5) is 18.9 Å². The fourth-order valence-corrected chi connectivity index (χ4v) is 2.66. The summed E-state index contributed by atoms with van der Waals surface area (Å²) in [5, 5.41) is 3.32. The predicted molar refractivity (Wildman–Crippen MR) is 74.7 cm³/mol. The van der Waals surface area contributed by atoms with E-state index in [4.69, 9.17) is 0 Å². The normalized spacial score (nSPS) is 19.9. The van der Waals surface area contributed by atoms with Crippen LogP contribution in [-0.4, -0.2) is 31.1 Å². The maximum atomic E-state index is 12.5. The summed E-state index contributed by atoms with van der Waals surface area (Å²) < 4.78 is 37.5. The lowest BCUT2D eigenvalue weighted by atomic mass is 9.90. The molecule has 5 heteroatoms. The highest BCUT2D eigenvalue weighted by Gasteiger charge is 2.30. The topological polar surface area (TPSA) is 15.3 Å². The molecule has 0 aromatic heterocycles. The molecular weight excluding hydrogens is 265 g/mol. The average Bonchev–Trinajstić information content (AvgIpc) is 2.39. The molecule has 0 amide bonds. The molecule has 1 aliphatic heterocycles. The molecule has 20 heavy (non-hydrogen) atoms. The van der Waals surface area contributed by atoms with Crippen LogP contribution in [0.5, 0.6) is 0 Å². The van der Waals surface area contributed by atoms with E-state index in [2.05, 4.69) is 24.2 Å². The number of rotatable bonds is 3. The summed E-state index contributed by atoms with van der Waals surface area (Å²) >= 11 is 0. The molecule has 1 unspecified atom stereocenters. The van der Waals surface area contributed by atoms with Crippen molar-refractivity contribution in [1.29, 1.82) is 0 Å². The van der Waals surface area contributed by atoms with Gasteiger partial charge in [-0.3, -0.25) is 0 Å². The summed E-state index contributed by atoms with van der Waals surface area (Å²) in [5.74, 6) is 0.577. The Balaban J connectivity index is 1.93. The minimum absolute atomic E-state index is 0.278. The Labute approximate surface area is 118 Å². The van der Waals surface area contributed by atoms with Crippen LogP contribution in [0, 0.1) is 5.92 Å². The first-order valence-corrected chi connectivity index (χ1v) is 6.98. The number of benzene rings is 1. The molecule has 1 aromatic carbocycles. The van der Waals surface area contributed by atoms with Crippen LogP contribution in [0.3, 0.4) is 0 Å². The lowest BCUT2D eigenvalue weighted by Crippen LogP contribution is -2.37. The van der Waals surface area contributed by atoms with Gasteiger partial charge in [0.05, 0.1) is 5.56 Å². The van der Waals surface area contributed by atoms with Gasteiger partial charge in [0.1, 0.15) is 0 Å². The lowest BCUT2D eigenvalue weighted by molar-refractivity contribution is -0.137. The monoisotopic (exact) mass is 286 g/mol. The Kier molecular flexibility index (Phi) is 4.58. The van der Waals surface area contributed by atoms with Crippen LogP contribution in [0.2, 0.25) is 0 Å². The molecule has 0 spiro atoms. The smallest absolute Gasteiger partial charge is 0.382 e. The molecule has 112 valence electrons. The summed E-state index contributed by atoms with van der Waals surface area (Å²) in [4.78, 5) is 2.31. The molecule has 0 aliphatic carbocycles. The van der Waals surface area contributed by atoms with Crippen LogP contribution in [0.15, 0.2) is 24.3 Å². The van der Waals surface area contributed by atoms with E-state index < -0.39 is 11.7 Å². The zero-order chi connectivity index (χ0) is 14.8. The average molecular weight is 286 g/mol. The van der Waals surface area contributed by atoms with Gasteiger partial charge in [0, 0.05) is 11.7 Å². The van der Waals surface area contributed by atoms with E-state index in [1.165, 1.54) is 12.1 Å². The first-order valence-electron chi connectivity index (χ1n) is 6.98. The second-order valence-corrected chi connectivity index (χ2v) is 5.65. The van der Waals surface area contributed by atoms with Crippen LogP contribution in [-0.2, 0) is 6.18 Å². The quantitative estimate of drug-likeness (QED) is 0.908. The van der Waals surface area contributed by atoms with E-state index in [0.29, 0.717) is 5.92 Å². The fraction of sp³-hybridized carbons (Fsp3) is 0.600. The van der Waals surface area contributed by atoms with Gasteiger partial charge in [-0.2, -0.15) is 13.2 Å². The molecule has 1 aromatic rings. The molecule has 1 saturated heterocycles. The first kappa shape index (κ1) is 15.2. The summed E-state index contributed by atoms with van der Waals surface area (Å²) in [6.07, 6.45) is -2.01. The van der Waals surface area contributed by atoms with Gasteiger partial charge in [-0.1, -0.05) is 0 Å². The van der Waals surface area contributed by atoms with Crippen LogP contribution >= 0.6 is 0 Å². The second-order valence-electron chi connectivity index (χ2n) is 5.65. The molecule has 1 heterocycles. The number of halogens is 3. The minimum atomic E-state index is -4.27. The number of nitrogens with zero attached hydrogens (tertiary/aromatic N) is 1. The zero-order valence-corrected chi connectivity index (χ0v) is 11.9. The van der Waals surface area contributed by atoms with Crippen molar-refractivity contribution < 1.29 is 13.2 Å². The van der Waals surface area contributed by atoms with Crippen molar-refractivity contribution in [3.63, 3.8) is 0 Å². The van der Waals surface area contributed by atoms with E-state index >= 15 is 0 Å². The molecule has 0 radical (unpaired) electrons. The molecule has 1 aliphatic rings. The van der Waals surface area contributed by atoms with Crippen molar-refractivity contribution in [3.05, 3.63) is 29.8 Å². The number of hydrogen-bond acceptors (Lipinski definition) is 2. The maximum absolute atomic E-state index is 12.5. The summed E-state index contributed by atoms with van der Waals surface area (Å²) in [6, 6.07) is 5.55. The zero-order valence-electron chi connectivity index (χ0n) is 11.9. The third-order valence-electron chi connectivity index (χ3n) is 4.08. The van der Waals surface area contributed by atoms with E-state index in [1.54, 1.807) is 0 Å². The highest BCUT2D eigenvalue weighted by atomic mass is 19.4. The van der Waals surface area contributed by atoms with Crippen LogP contribution in [0.25, 0.3) is 0 Å². The van der Waals surface area contributed by atoms with Gasteiger partial charge in [0.15, 0.2) is 0 Å². The SMILES string of the molecule is CC(Nc1ccc(C(F)(F)F)cc1)C1CCN(C)CC1. The van der Waals surface area contributed by atoms with Gasteiger partial charge in [0.25, 0.3) is 0 Å². The van der Waals surface area contributed by atoms with Crippen LogP contribution in [0.1, 0.15) is 25.3 Å². The van der Waals surface area contributed by atoms with Crippen molar-refractivity contribution in [1.82, 2.24) is 4.90 Å². The molecule has 0 saturated carbocycles. The Bertz CT molecular complexity index is 420. The van der Waals surface area contributed by atoms with Gasteiger partial charge >= 0.3 is 6.18 Å². The van der Waals surface area contributed by atoms with Gasteiger partial charge in [-0.15, -0.1) is 0 Å². The second kappa shape index (κ2) is 6.04. The molecule has 1 N–H and O–H groups in total. The van der Waals surface area contributed by atoms with E-state index in [-0.39, 0.29) is 6.04 Å². The lowest BCUT2D eigenvalue weighted by Gasteiger charge is -2.33. The number of likely N-dealkylation sites (tertiary alicyclic amines) is 1. The summed E-state index contributed by atoms with van der Waals surface area (Å²) in [5.41, 5.74) is 0.152. The maximum Gasteiger partial charge on any atom is 0.416 e. The number of anilines is 1. The first-order chi connectivity index (χ1) is 9.36. The Morgan fingerprint density at radius 1 is 1.15 bits per heavy atom. The van der Waals surface area contributed by atoms with Crippen molar-refractivity contribution in [2.75, 3.05) is 25.5 Å². The Hall–Kier alpha value is -1.23. The summed E-state index contributed by atoms with van der Waals surface area (Å²) in [7, 11) is 2.12. The standard InChI is InChI=1S/C15H21F3N2/c1-11(12-7-9-20(2)10-8-12)19-14-5-3-13(4-6-14)15(16,17)18/h3-6,11-12,19H,7-10H2,1-2H3. The van der Waals surface area contributed by atoms with Gasteiger partial charge in [-0.05, 0) is 70.1 Å². The molecule has 2 rings (SSSR count). The van der Waals surface area contributed by atoms with Crippen molar-refractivity contribution in [3.8, 4) is 0 Å². The fourth-order valence-electron chi connectivity index (χ4n) is 2.66. The van der Waals surface area contributed by atoms with Crippen molar-refractivity contribution in [2.24, 2.45) is 5.92 Å². The third kappa shape index (κ3) is 3.88. The number of nitrogens with one attached hydrogen (secondary N) is 1. The predicted octanol–water partition coefficient (Wildman–Crippen LogP) is 3.85. The number of alkyl halides is 3. The van der Waals surface area contributed by atoms with E-state index in [9.17, 15) is 13.2 Å². The van der Waals surface area contributed by atoms with Gasteiger partial charge in [-0.25, -0.2) is 0 Å². The largest absolute Gasteiger partial charge is 0.416 e. The van der Waals surface area contributed by atoms with E-state index in [0.717, 1.165) is 43.8 Å². The Morgan fingerprint density at radius 3 is 2.20 bits per heavy atom. The van der Waals surface area contributed by atoms with E-state index in [1.807, 2.05) is 0 Å². The number of piperidine rings is 1. The minimum Gasteiger partial charge on any atom is -0.382 e. The molecule has 0 bridgehead atoms. The van der Waals surface area contributed by atoms with Gasteiger partial charge in [0.2, 0.25) is 0 Å². The molecule has 1 fully saturated rings. The highest BCUT2D eigenvalue weighted by Crippen LogP contribution is 2.30. The third-order valence-corrected chi connectivity index (χ3v) is 4.08. The summed E-state index contributed by atoms with van der Waals surface area (Å²) in [6.45, 7) is 4.28. The molecule has 1 atom stereocenters. The van der Waals surface area contributed by atoms with Crippen molar-refractivity contribution >= 4 is 5.69 Å². The Morgan fingerprint density at radius 2 is 1.70 bits per heavy atom. The van der Waals surface area contributed by atoms with Crippen molar-refractivity contribution in [2.45, 2.75) is 32.0 Å². The van der Waals surface area contributed by atoms with Crippen LogP contribution < -0.4 is 5.32 Å². The van der Waals surface area contributed by atoms with Gasteiger partial charge < -0.3 is 10.2 Å². The molecule has 2 nitrogen and oxygen atoms in total. The number of hydrogen-bond donors (Lipinski definition) is 1. The molecular formula is C15H21F3N2.